The van der Waals surface area contributed by atoms with Crippen molar-refractivity contribution in [1.82, 2.24) is 5.32 Å². The van der Waals surface area contributed by atoms with Crippen LogP contribution in [0.3, 0.4) is 0 Å². The van der Waals surface area contributed by atoms with E-state index < -0.39 is 0 Å². The molecule has 2 bridgehead atoms. The summed E-state index contributed by atoms with van der Waals surface area (Å²) >= 11 is 0. The van der Waals surface area contributed by atoms with Gasteiger partial charge in [-0.15, -0.1) is 0 Å². The van der Waals surface area contributed by atoms with E-state index in [1.165, 1.54) is 38.5 Å². The number of hydrogen-bond acceptors (Lipinski definition) is 2. The van der Waals surface area contributed by atoms with Crippen LogP contribution >= 0.6 is 0 Å². The molecule has 4 rings (SSSR count). The maximum atomic E-state index is 6.20. The van der Waals surface area contributed by atoms with Gasteiger partial charge in [-0.1, -0.05) is 32.9 Å². The molecule has 1 N–H and O–H groups in total. The van der Waals surface area contributed by atoms with E-state index in [1.54, 1.807) is 0 Å². The predicted molar refractivity (Wildman–Crippen MR) is 81.6 cm³/mol. The van der Waals surface area contributed by atoms with Crippen molar-refractivity contribution in [2.24, 2.45) is 17.3 Å². The zero-order valence-electron chi connectivity index (χ0n) is 13.2. The Labute approximate surface area is 123 Å². The predicted octanol–water partition coefficient (Wildman–Crippen LogP) is 3.67. The van der Waals surface area contributed by atoms with Crippen LogP contribution in [0.2, 0.25) is 0 Å². The van der Waals surface area contributed by atoms with E-state index in [4.69, 9.17) is 4.74 Å². The lowest BCUT2D eigenvalue weighted by Crippen LogP contribution is -2.61. The average Bonchev–Trinajstić information content (AvgIpc) is 2.94. The fraction of sp³-hybridized carbons (Fsp3) is 0.889. The summed E-state index contributed by atoms with van der Waals surface area (Å²) in [6.45, 7) is 8.28. The van der Waals surface area contributed by atoms with Gasteiger partial charge in [0.05, 0.1) is 6.10 Å². The fourth-order valence-electron chi connectivity index (χ4n) is 5.26. The van der Waals surface area contributed by atoms with Crippen LogP contribution in [0.5, 0.6) is 0 Å². The second-order valence-electron chi connectivity index (χ2n) is 8.88. The third-order valence-electron chi connectivity index (χ3n) is 6.72. The minimum Gasteiger partial charge on any atom is -0.362 e. The van der Waals surface area contributed by atoms with Crippen LogP contribution in [0, 0.1) is 17.3 Å². The Morgan fingerprint density at radius 1 is 1.20 bits per heavy atom. The van der Waals surface area contributed by atoms with Gasteiger partial charge in [-0.3, -0.25) is 0 Å². The van der Waals surface area contributed by atoms with Gasteiger partial charge in [-0.05, 0) is 55.8 Å². The minimum atomic E-state index is 0.0663. The fourth-order valence-corrected chi connectivity index (χ4v) is 5.26. The molecule has 2 saturated heterocycles. The van der Waals surface area contributed by atoms with E-state index >= 15 is 0 Å². The quantitative estimate of drug-likeness (QED) is 0.681. The van der Waals surface area contributed by atoms with E-state index in [0.717, 1.165) is 18.4 Å². The molecular formula is C18H29NO. The van der Waals surface area contributed by atoms with Crippen molar-refractivity contribution in [3.63, 3.8) is 0 Å². The van der Waals surface area contributed by atoms with Gasteiger partial charge in [0.1, 0.15) is 5.60 Å². The lowest BCUT2D eigenvalue weighted by Gasteiger charge is -2.52. The molecule has 0 aromatic rings. The largest absolute Gasteiger partial charge is 0.362 e. The maximum Gasteiger partial charge on any atom is 0.102 e. The van der Waals surface area contributed by atoms with Gasteiger partial charge in [0.25, 0.3) is 0 Å². The van der Waals surface area contributed by atoms with Crippen molar-refractivity contribution in [3.05, 3.63) is 12.2 Å². The molecule has 3 atom stereocenters. The summed E-state index contributed by atoms with van der Waals surface area (Å²) in [7, 11) is 0. The second kappa shape index (κ2) is 4.10. The van der Waals surface area contributed by atoms with E-state index in [0.29, 0.717) is 17.1 Å². The van der Waals surface area contributed by atoms with Crippen LogP contribution in [0.1, 0.15) is 59.3 Å². The first-order valence-electron chi connectivity index (χ1n) is 8.53. The zero-order chi connectivity index (χ0) is 14.0. The van der Waals surface area contributed by atoms with Gasteiger partial charge in [0.15, 0.2) is 0 Å². The Morgan fingerprint density at radius 2 is 1.95 bits per heavy atom. The van der Waals surface area contributed by atoms with Crippen LogP contribution in [0.25, 0.3) is 0 Å². The van der Waals surface area contributed by atoms with Crippen molar-refractivity contribution >= 4 is 0 Å². The molecule has 112 valence electrons. The van der Waals surface area contributed by atoms with Gasteiger partial charge >= 0.3 is 0 Å². The highest BCUT2D eigenvalue weighted by Gasteiger charge is 2.56. The van der Waals surface area contributed by atoms with Crippen LogP contribution in [-0.2, 0) is 4.74 Å². The highest BCUT2D eigenvalue weighted by atomic mass is 16.5. The topological polar surface area (TPSA) is 21.3 Å². The summed E-state index contributed by atoms with van der Waals surface area (Å²) in [5.74, 6) is 1.67. The standard InChI is InChI=1S/C18H29NO/c1-16(2,3)13-4-7-17(8-5-13)11-14-10-15-6-9-18(14,20-15)12-19-17/h6,9,13-15,19H,4-5,7-8,10-12H2,1-3H3. The molecule has 0 aromatic heterocycles. The molecule has 0 radical (unpaired) electrons. The van der Waals surface area contributed by atoms with Crippen molar-refractivity contribution in [2.75, 3.05) is 6.54 Å². The van der Waals surface area contributed by atoms with Gasteiger partial charge in [-0.25, -0.2) is 0 Å². The van der Waals surface area contributed by atoms with Gasteiger partial charge in [0.2, 0.25) is 0 Å². The van der Waals surface area contributed by atoms with E-state index in [1.807, 2.05) is 0 Å². The molecule has 3 unspecified atom stereocenters. The van der Waals surface area contributed by atoms with Crippen molar-refractivity contribution < 1.29 is 4.74 Å². The van der Waals surface area contributed by atoms with Crippen molar-refractivity contribution in [1.29, 1.82) is 0 Å². The van der Waals surface area contributed by atoms with Gasteiger partial charge < -0.3 is 10.1 Å². The Morgan fingerprint density at radius 3 is 2.60 bits per heavy atom. The zero-order valence-corrected chi connectivity index (χ0v) is 13.2. The van der Waals surface area contributed by atoms with Crippen LogP contribution in [0.15, 0.2) is 12.2 Å². The third-order valence-corrected chi connectivity index (χ3v) is 6.72. The number of rotatable bonds is 0. The van der Waals surface area contributed by atoms with Crippen LogP contribution in [0.4, 0.5) is 0 Å². The summed E-state index contributed by atoms with van der Waals surface area (Å²) in [6, 6.07) is 0. The number of fused-ring (bicyclic) bond motifs is 1. The summed E-state index contributed by atoms with van der Waals surface area (Å²) in [4.78, 5) is 0. The number of nitrogens with one attached hydrogen (secondary N) is 1. The molecule has 3 fully saturated rings. The van der Waals surface area contributed by atoms with E-state index in [-0.39, 0.29) is 5.60 Å². The monoisotopic (exact) mass is 275 g/mol. The second-order valence-corrected chi connectivity index (χ2v) is 8.88. The summed E-state index contributed by atoms with van der Waals surface area (Å²) < 4.78 is 6.20. The van der Waals surface area contributed by atoms with Crippen LogP contribution in [-0.4, -0.2) is 23.8 Å². The highest BCUT2D eigenvalue weighted by Crippen LogP contribution is 2.52. The molecule has 1 saturated carbocycles. The lowest BCUT2D eigenvalue weighted by atomic mass is 9.62. The Kier molecular flexibility index (Phi) is 2.74. The first kappa shape index (κ1) is 13.3. The van der Waals surface area contributed by atoms with E-state index in [9.17, 15) is 0 Å². The maximum absolute atomic E-state index is 6.20. The SMILES string of the molecule is CC(C)(C)C1CCC2(CC1)CC1CC3C=CC1(CN2)O3. The van der Waals surface area contributed by atoms with Crippen molar-refractivity contribution in [2.45, 2.75) is 76.5 Å². The van der Waals surface area contributed by atoms with Crippen molar-refractivity contribution in [3.8, 4) is 0 Å². The molecule has 2 nitrogen and oxygen atoms in total. The molecule has 1 aliphatic carbocycles. The average molecular weight is 275 g/mol. The Bertz CT molecular complexity index is 427. The summed E-state index contributed by atoms with van der Waals surface area (Å²) in [5.41, 5.74) is 0.978. The number of piperidine rings is 1. The minimum absolute atomic E-state index is 0.0663. The molecule has 20 heavy (non-hydrogen) atoms. The smallest absolute Gasteiger partial charge is 0.102 e. The Balaban J connectivity index is 1.46. The van der Waals surface area contributed by atoms with Crippen LogP contribution < -0.4 is 5.32 Å². The first-order chi connectivity index (χ1) is 9.41. The highest BCUT2D eigenvalue weighted by molar-refractivity contribution is 5.24. The number of ether oxygens (including phenoxy) is 1. The van der Waals surface area contributed by atoms with Gasteiger partial charge in [-0.2, -0.15) is 0 Å². The molecular weight excluding hydrogens is 246 g/mol. The normalized spacial score (nSPS) is 50.6. The summed E-state index contributed by atoms with van der Waals surface area (Å²) in [6.07, 6.45) is 13.2. The number of hydrogen-bond donors (Lipinski definition) is 1. The molecule has 2 heteroatoms. The van der Waals surface area contributed by atoms with Gasteiger partial charge in [0, 0.05) is 12.1 Å². The summed E-state index contributed by atoms with van der Waals surface area (Å²) in [5, 5.41) is 3.92. The van der Waals surface area contributed by atoms with E-state index in [2.05, 4.69) is 38.2 Å². The third kappa shape index (κ3) is 1.91. The molecule has 3 heterocycles. The molecule has 4 aliphatic rings. The molecule has 3 aliphatic heterocycles. The molecule has 0 amide bonds. The Hall–Kier alpha value is -0.340. The first-order valence-corrected chi connectivity index (χ1v) is 8.53. The molecule has 0 aromatic carbocycles. The lowest BCUT2D eigenvalue weighted by molar-refractivity contribution is -0.0345. The molecule has 2 spiro atoms.